The van der Waals surface area contributed by atoms with Crippen LogP contribution in [0.4, 0.5) is 10.2 Å². The first-order chi connectivity index (χ1) is 22.0. The molecule has 0 unspecified atom stereocenters. The lowest BCUT2D eigenvalue weighted by atomic mass is 9.75. The number of para-hydroxylation sites is 1. The molecule has 1 saturated heterocycles. The van der Waals surface area contributed by atoms with Crippen molar-refractivity contribution in [3.05, 3.63) is 114 Å². The molecule has 0 bridgehead atoms. The van der Waals surface area contributed by atoms with Crippen molar-refractivity contribution in [2.75, 3.05) is 44.2 Å². The Labute approximate surface area is 262 Å². The number of ether oxygens (including phenoxy) is 1. The smallest absolute Gasteiger partial charge is 0.275 e. The lowest BCUT2D eigenvalue weighted by Gasteiger charge is -2.42. The Morgan fingerprint density at radius 2 is 1.64 bits per heavy atom. The number of amides is 2. The molecule has 2 amide bonds. The van der Waals surface area contributed by atoms with Crippen molar-refractivity contribution in [3.63, 3.8) is 0 Å². The lowest BCUT2D eigenvalue weighted by Crippen LogP contribution is -2.46. The minimum Gasteiger partial charge on any atom is -0.492 e. The highest BCUT2D eigenvalue weighted by Crippen LogP contribution is 2.38. The zero-order valence-electron chi connectivity index (χ0n) is 25.2. The molecule has 2 aromatic heterocycles. The molecule has 10 heteroatoms. The van der Waals surface area contributed by atoms with Crippen LogP contribution in [0.2, 0.25) is 0 Å². The van der Waals surface area contributed by atoms with E-state index in [1.807, 2.05) is 59.5 Å². The molecule has 4 aromatic rings. The second kappa shape index (κ2) is 13.8. The number of halogens is 1. The van der Waals surface area contributed by atoms with Crippen LogP contribution in [0, 0.1) is 11.2 Å². The van der Waals surface area contributed by atoms with Gasteiger partial charge in [-0.1, -0.05) is 42.5 Å². The number of carbonyl (C=O) groups is 2. The highest BCUT2D eigenvalue weighted by Gasteiger charge is 2.38. The van der Waals surface area contributed by atoms with Gasteiger partial charge >= 0.3 is 0 Å². The van der Waals surface area contributed by atoms with Crippen LogP contribution < -0.4 is 9.64 Å². The van der Waals surface area contributed by atoms with Gasteiger partial charge in [-0.25, -0.2) is 14.4 Å². The largest absolute Gasteiger partial charge is 0.492 e. The fourth-order valence-electron chi connectivity index (χ4n) is 6.25. The number of hydrogen-bond donors (Lipinski definition) is 0. The van der Waals surface area contributed by atoms with Gasteiger partial charge in [0.2, 0.25) is 0 Å². The molecule has 2 aliphatic heterocycles. The predicted molar refractivity (Wildman–Crippen MR) is 168 cm³/mol. The van der Waals surface area contributed by atoms with Gasteiger partial charge in [-0.05, 0) is 55.5 Å². The Morgan fingerprint density at radius 3 is 2.42 bits per heavy atom. The highest BCUT2D eigenvalue weighted by atomic mass is 19.1. The lowest BCUT2D eigenvalue weighted by molar-refractivity contribution is 0.0357. The molecule has 9 nitrogen and oxygen atoms in total. The van der Waals surface area contributed by atoms with E-state index in [1.54, 1.807) is 23.5 Å². The molecule has 0 saturated carbocycles. The van der Waals surface area contributed by atoms with Crippen molar-refractivity contribution >= 4 is 17.6 Å². The van der Waals surface area contributed by atoms with Crippen molar-refractivity contribution in [2.45, 2.75) is 32.2 Å². The topological polar surface area (TPSA) is 91.8 Å². The van der Waals surface area contributed by atoms with Crippen LogP contribution in [-0.4, -0.2) is 75.9 Å². The van der Waals surface area contributed by atoms with Crippen molar-refractivity contribution in [3.8, 4) is 5.75 Å². The van der Waals surface area contributed by atoms with Gasteiger partial charge in [-0.3, -0.25) is 14.6 Å². The van der Waals surface area contributed by atoms with Gasteiger partial charge < -0.3 is 19.4 Å². The molecule has 0 atom stereocenters. The van der Waals surface area contributed by atoms with Crippen LogP contribution >= 0.6 is 0 Å². The summed E-state index contributed by atoms with van der Waals surface area (Å²) in [5.41, 5.74) is 1.19. The van der Waals surface area contributed by atoms with Crippen LogP contribution in [0.25, 0.3) is 0 Å². The van der Waals surface area contributed by atoms with E-state index in [2.05, 4.69) is 19.9 Å². The van der Waals surface area contributed by atoms with Gasteiger partial charge in [0.25, 0.3) is 11.8 Å². The monoisotopic (exact) mass is 608 g/mol. The quantitative estimate of drug-likeness (QED) is 0.312. The standard InChI is InChI=1S/C35H37FN6O3/c36-29-11-6-16-39-32(29)34(44)41-20-14-35(15-21-41)13-7-19-40(31-24-37-17-18-38-31)22-23-42(25-27-8-2-1-3-9-27)33(43)28-10-4-5-12-30(28)45-26-35/h1-6,8-12,16-18,24H,7,13-15,19-23,25-26H2. The molecule has 232 valence electrons. The summed E-state index contributed by atoms with van der Waals surface area (Å²) < 4.78 is 20.9. The molecule has 6 rings (SSSR count). The maximum Gasteiger partial charge on any atom is 0.275 e. The maximum absolute atomic E-state index is 14.4. The van der Waals surface area contributed by atoms with Gasteiger partial charge in [0, 0.05) is 63.3 Å². The molecular formula is C35H37FN6O3. The van der Waals surface area contributed by atoms with Gasteiger partial charge in [0.15, 0.2) is 11.5 Å². The number of pyridine rings is 1. The number of piperidine rings is 1. The van der Waals surface area contributed by atoms with Crippen molar-refractivity contribution in [1.82, 2.24) is 24.8 Å². The molecule has 0 N–H and O–H groups in total. The zero-order valence-corrected chi connectivity index (χ0v) is 25.2. The molecule has 0 radical (unpaired) electrons. The predicted octanol–water partition coefficient (Wildman–Crippen LogP) is 5.25. The molecule has 2 aliphatic rings. The number of anilines is 1. The summed E-state index contributed by atoms with van der Waals surface area (Å²) in [6, 6.07) is 20.2. The Hall–Kier alpha value is -4.86. The van der Waals surface area contributed by atoms with Gasteiger partial charge in [0.05, 0.1) is 18.4 Å². The number of nitrogens with zero attached hydrogens (tertiary/aromatic N) is 6. The van der Waals surface area contributed by atoms with Gasteiger partial charge in [-0.15, -0.1) is 0 Å². The first-order valence-corrected chi connectivity index (χ1v) is 15.5. The third-order valence-electron chi connectivity index (χ3n) is 8.88. The van der Waals surface area contributed by atoms with E-state index >= 15 is 0 Å². The number of likely N-dealkylation sites (tertiary alicyclic amines) is 1. The average Bonchev–Trinajstić information content (AvgIpc) is 3.09. The van der Waals surface area contributed by atoms with Gasteiger partial charge in [0.1, 0.15) is 11.6 Å². The SMILES string of the molecule is O=C1c2ccccc2OCC2(CCCN(c3cnccn3)CCN1Cc1ccccc1)CCN(C(=O)c1ncccc1F)CC2. The molecule has 0 aliphatic carbocycles. The van der Waals surface area contributed by atoms with E-state index in [0.29, 0.717) is 63.5 Å². The first kappa shape index (κ1) is 30.2. The normalized spacial score (nSPS) is 17.4. The third kappa shape index (κ3) is 7.11. The minimum atomic E-state index is -0.611. The zero-order chi connectivity index (χ0) is 31.1. The van der Waals surface area contributed by atoms with Crippen LogP contribution in [0.3, 0.4) is 0 Å². The second-order valence-corrected chi connectivity index (χ2v) is 11.8. The third-order valence-corrected chi connectivity index (χ3v) is 8.88. The summed E-state index contributed by atoms with van der Waals surface area (Å²) in [4.78, 5) is 45.9. The maximum atomic E-state index is 14.4. The Kier molecular flexibility index (Phi) is 9.28. The molecule has 2 aromatic carbocycles. The Bertz CT molecular complexity index is 1600. The van der Waals surface area contributed by atoms with E-state index in [0.717, 1.165) is 30.8 Å². The molecular weight excluding hydrogens is 571 g/mol. The second-order valence-electron chi connectivity index (χ2n) is 11.8. The fourth-order valence-corrected chi connectivity index (χ4v) is 6.25. The fraction of sp³-hybridized carbons (Fsp3) is 0.343. The summed E-state index contributed by atoms with van der Waals surface area (Å²) in [5, 5.41) is 0. The van der Waals surface area contributed by atoms with E-state index in [9.17, 15) is 14.0 Å². The average molecular weight is 609 g/mol. The van der Waals surface area contributed by atoms with E-state index in [4.69, 9.17) is 4.74 Å². The van der Waals surface area contributed by atoms with Crippen LogP contribution in [-0.2, 0) is 6.54 Å². The van der Waals surface area contributed by atoms with E-state index in [1.165, 1.54) is 18.3 Å². The summed E-state index contributed by atoms with van der Waals surface area (Å²) >= 11 is 0. The number of benzene rings is 2. The Balaban J connectivity index is 1.27. The van der Waals surface area contributed by atoms with E-state index < -0.39 is 11.7 Å². The number of aromatic nitrogens is 3. The number of rotatable bonds is 4. The highest BCUT2D eigenvalue weighted by molar-refractivity contribution is 5.97. The van der Waals surface area contributed by atoms with E-state index in [-0.39, 0.29) is 17.0 Å². The minimum absolute atomic E-state index is 0.0975. The van der Waals surface area contributed by atoms with Crippen LogP contribution in [0.15, 0.2) is 91.5 Å². The summed E-state index contributed by atoms with van der Waals surface area (Å²) in [7, 11) is 0. The van der Waals surface area contributed by atoms with Crippen LogP contribution in [0.1, 0.15) is 52.1 Å². The molecule has 4 heterocycles. The molecule has 45 heavy (non-hydrogen) atoms. The summed E-state index contributed by atoms with van der Waals surface area (Å²) in [5.74, 6) is 0.221. The van der Waals surface area contributed by atoms with Crippen molar-refractivity contribution in [1.29, 1.82) is 0 Å². The number of fused-ring (bicyclic) bond motifs is 1. The Morgan fingerprint density at radius 1 is 0.844 bits per heavy atom. The van der Waals surface area contributed by atoms with Crippen molar-refractivity contribution < 1.29 is 18.7 Å². The summed E-state index contributed by atoms with van der Waals surface area (Å²) in [6.07, 6.45) is 9.63. The first-order valence-electron chi connectivity index (χ1n) is 15.5. The molecule has 1 fully saturated rings. The van der Waals surface area contributed by atoms with Gasteiger partial charge in [-0.2, -0.15) is 0 Å². The molecule has 1 spiro atoms. The van der Waals surface area contributed by atoms with Crippen molar-refractivity contribution in [2.24, 2.45) is 5.41 Å². The number of carbonyl (C=O) groups excluding carboxylic acids is 2. The number of hydrogen-bond acceptors (Lipinski definition) is 7. The summed E-state index contributed by atoms with van der Waals surface area (Å²) in [6.45, 7) is 3.61. The van der Waals surface area contributed by atoms with Crippen LogP contribution in [0.5, 0.6) is 5.75 Å².